The molecule has 0 saturated carbocycles. The van der Waals surface area contributed by atoms with E-state index >= 15 is 0 Å². The van der Waals surface area contributed by atoms with Gasteiger partial charge in [-0.2, -0.15) is 5.26 Å². The van der Waals surface area contributed by atoms with Crippen LogP contribution in [0.2, 0.25) is 0 Å². The largest absolute Gasteiger partial charge is 0.338 e. The smallest absolute Gasteiger partial charge is 0.175 e. The van der Waals surface area contributed by atoms with E-state index in [4.69, 9.17) is 4.98 Å². The number of nitrogens with zero attached hydrogens (tertiary/aromatic N) is 4. The van der Waals surface area contributed by atoms with Gasteiger partial charge in [0.2, 0.25) is 0 Å². The van der Waals surface area contributed by atoms with E-state index in [9.17, 15) is 13.7 Å². The summed E-state index contributed by atoms with van der Waals surface area (Å²) in [7, 11) is -3.43. The lowest BCUT2D eigenvalue weighted by atomic mass is 10.1. The summed E-state index contributed by atoms with van der Waals surface area (Å²) in [5.74, 6) is 1.12. The molecule has 3 aromatic heterocycles. The van der Waals surface area contributed by atoms with Gasteiger partial charge < -0.3 is 10.3 Å². The van der Waals surface area contributed by atoms with E-state index < -0.39 is 9.84 Å². The highest BCUT2D eigenvalue weighted by Gasteiger charge is 2.25. The minimum Gasteiger partial charge on any atom is -0.338 e. The van der Waals surface area contributed by atoms with Gasteiger partial charge in [-0.1, -0.05) is 0 Å². The maximum Gasteiger partial charge on any atom is 0.175 e. The molecule has 0 spiro atoms. The van der Waals surface area contributed by atoms with E-state index in [2.05, 4.69) is 26.3 Å². The summed E-state index contributed by atoms with van der Waals surface area (Å²) in [5.41, 5.74) is 4.63. The van der Waals surface area contributed by atoms with Crippen LogP contribution < -0.4 is 5.32 Å². The molecule has 5 rings (SSSR count). The second-order valence-electron chi connectivity index (χ2n) is 6.85. The molecule has 4 aromatic rings. The number of anilines is 2. The molecular weight excluding hydrogens is 400 g/mol. The van der Waals surface area contributed by atoms with Gasteiger partial charge in [0.05, 0.1) is 34.1 Å². The van der Waals surface area contributed by atoms with E-state index in [0.29, 0.717) is 22.9 Å². The van der Waals surface area contributed by atoms with Crippen molar-refractivity contribution in [2.24, 2.45) is 0 Å². The molecule has 9 heteroatoms. The van der Waals surface area contributed by atoms with Crippen molar-refractivity contribution < 1.29 is 8.42 Å². The first-order chi connectivity index (χ1) is 14.5. The third-order valence-corrected chi connectivity index (χ3v) is 6.02. The van der Waals surface area contributed by atoms with E-state index in [1.165, 1.54) is 12.1 Å². The van der Waals surface area contributed by atoms with Crippen molar-refractivity contribution in [1.82, 2.24) is 19.9 Å². The molecule has 1 aromatic carbocycles. The van der Waals surface area contributed by atoms with Crippen LogP contribution in [0.5, 0.6) is 0 Å². The van der Waals surface area contributed by atoms with Gasteiger partial charge in [0, 0.05) is 35.3 Å². The number of aromatic nitrogens is 4. The summed E-state index contributed by atoms with van der Waals surface area (Å²) < 4.78 is 23.7. The number of nitrogens with one attached hydrogen (secondary N) is 2. The molecule has 4 heterocycles. The lowest BCUT2D eigenvalue weighted by Crippen LogP contribution is -1.99. The van der Waals surface area contributed by atoms with Crippen molar-refractivity contribution in [2.75, 3.05) is 11.6 Å². The highest BCUT2D eigenvalue weighted by atomic mass is 32.2. The van der Waals surface area contributed by atoms with Gasteiger partial charge in [-0.25, -0.2) is 18.4 Å². The van der Waals surface area contributed by atoms with Crippen molar-refractivity contribution in [3.05, 3.63) is 60.6 Å². The van der Waals surface area contributed by atoms with Crippen LogP contribution in [-0.2, 0) is 9.84 Å². The molecular formula is C21H14N6O2S. The van der Waals surface area contributed by atoms with Crippen LogP contribution >= 0.6 is 0 Å². The molecule has 1 aliphatic rings. The number of pyridine rings is 2. The Morgan fingerprint density at radius 1 is 1.07 bits per heavy atom. The molecule has 0 fully saturated rings. The van der Waals surface area contributed by atoms with Gasteiger partial charge in [-0.05, 0) is 36.4 Å². The summed E-state index contributed by atoms with van der Waals surface area (Å²) in [6.45, 7) is 0. The molecule has 146 valence electrons. The number of H-pyrrole nitrogens is 1. The number of hydrogen-bond acceptors (Lipinski definition) is 7. The van der Waals surface area contributed by atoms with Gasteiger partial charge in [-0.15, -0.1) is 0 Å². The molecule has 0 unspecified atom stereocenters. The summed E-state index contributed by atoms with van der Waals surface area (Å²) in [4.78, 5) is 16.8. The molecule has 0 aliphatic carbocycles. The molecule has 0 saturated heterocycles. The van der Waals surface area contributed by atoms with Gasteiger partial charge in [0.25, 0.3) is 0 Å². The van der Waals surface area contributed by atoms with Gasteiger partial charge in [0.15, 0.2) is 9.84 Å². The Morgan fingerprint density at radius 3 is 2.73 bits per heavy atom. The van der Waals surface area contributed by atoms with E-state index in [0.717, 1.165) is 28.8 Å². The molecule has 0 bridgehead atoms. The standard InChI is InChI=1S/C21H14N6O2S/c1-30(28,29)13-4-5-14(12(9-13)10-22)21-26-18-15-6-8-23-11-17(15)25-20-16(19(18)27-21)3-2-7-24-20/h2-9,11H,1H3,(H,24,25)(H,26,27). The molecule has 2 N–H and O–H groups in total. The number of imidazole rings is 1. The first-order valence-corrected chi connectivity index (χ1v) is 10.9. The SMILES string of the molecule is CS(=O)(=O)c1ccc(-c2nc3c([nH]2)-c2ccncc2Nc2ncccc2-3)c(C#N)c1. The maximum absolute atomic E-state index is 11.9. The monoisotopic (exact) mass is 414 g/mol. The zero-order valence-electron chi connectivity index (χ0n) is 15.7. The third-order valence-electron chi connectivity index (χ3n) is 4.90. The van der Waals surface area contributed by atoms with Crippen molar-refractivity contribution in [3.8, 4) is 40.0 Å². The van der Waals surface area contributed by atoms with Crippen molar-refractivity contribution in [2.45, 2.75) is 4.90 Å². The van der Waals surface area contributed by atoms with Gasteiger partial charge in [-0.3, -0.25) is 4.98 Å². The fourth-order valence-electron chi connectivity index (χ4n) is 3.48. The van der Waals surface area contributed by atoms with Crippen LogP contribution in [-0.4, -0.2) is 34.6 Å². The fraction of sp³-hybridized carbons (Fsp3) is 0.0476. The minimum atomic E-state index is -3.43. The van der Waals surface area contributed by atoms with Crippen LogP contribution in [0.25, 0.3) is 33.9 Å². The summed E-state index contributed by atoms with van der Waals surface area (Å²) in [6.07, 6.45) is 6.21. The van der Waals surface area contributed by atoms with Crippen molar-refractivity contribution in [1.29, 1.82) is 5.26 Å². The van der Waals surface area contributed by atoms with E-state index in [1.54, 1.807) is 24.7 Å². The first-order valence-electron chi connectivity index (χ1n) is 8.97. The Balaban J connectivity index is 1.77. The highest BCUT2D eigenvalue weighted by Crippen LogP contribution is 2.43. The first kappa shape index (κ1) is 18.0. The van der Waals surface area contributed by atoms with Crippen LogP contribution in [0.15, 0.2) is 59.9 Å². The Labute approximate surface area is 172 Å². The number of nitriles is 1. The average molecular weight is 414 g/mol. The molecule has 0 radical (unpaired) electrons. The number of hydrogen-bond donors (Lipinski definition) is 2. The second-order valence-corrected chi connectivity index (χ2v) is 8.86. The normalized spacial score (nSPS) is 12.0. The fourth-order valence-corrected chi connectivity index (χ4v) is 4.13. The Morgan fingerprint density at radius 2 is 1.93 bits per heavy atom. The number of sulfone groups is 1. The van der Waals surface area contributed by atoms with Crippen molar-refractivity contribution in [3.63, 3.8) is 0 Å². The Bertz CT molecular complexity index is 1400. The average Bonchev–Trinajstić information content (AvgIpc) is 3.13. The molecule has 0 atom stereocenters. The van der Waals surface area contributed by atoms with E-state index in [1.807, 2.05) is 18.2 Å². The Hall–Kier alpha value is -4.03. The van der Waals surface area contributed by atoms with Crippen LogP contribution in [0, 0.1) is 11.3 Å². The number of fused-ring (bicyclic) bond motifs is 5. The molecule has 1 aliphatic heterocycles. The van der Waals surface area contributed by atoms with Gasteiger partial charge >= 0.3 is 0 Å². The number of aromatic amines is 1. The molecule has 0 amide bonds. The second kappa shape index (κ2) is 6.50. The third kappa shape index (κ3) is 2.82. The number of rotatable bonds is 2. The van der Waals surface area contributed by atoms with Crippen LogP contribution in [0.4, 0.5) is 11.5 Å². The van der Waals surface area contributed by atoms with Crippen molar-refractivity contribution >= 4 is 21.3 Å². The zero-order chi connectivity index (χ0) is 20.9. The maximum atomic E-state index is 11.9. The molecule has 8 nitrogen and oxygen atoms in total. The quantitative estimate of drug-likeness (QED) is 0.453. The minimum absolute atomic E-state index is 0.0890. The summed E-state index contributed by atoms with van der Waals surface area (Å²) in [5, 5.41) is 12.9. The number of benzene rings is 1. The van der Waals surface area contributed by atoms with Crippen LogP contribution in [0.1, 0.15) is 5.56 Å². The Kier molecular flexibility index (Phi) is 3.91. The predicted octanol–water partition coefficient (Wildman–Crippen LogP) is 3.53. The van der Waals surface area contributed by atoms with Crippen LogP contribution in [0.3, 0.4) is 0 Å². The lowest BCUT2D eigenvalue weighted by Gasteiger charge is -2.08. The molecule has 30 heavy (non-hydrogen) atoms. The zero-order valence-corrected chi connectivity index (χ0v) is 16.5. The van der Waals surface area contributed by atoms with E-state index in [-0.39, 0.29) is 10.5 Å². The summed E-state index contributed by atoms with van der Waals surface area (Å²) >= 11 is 0. The topological polar surface area (TPSA) is 124 Å². The summed E-state index contributed by atoms with van der Waals surface area (Å²) in [6, 6.07) is 12.1. The lowest BCUT2D eigenvalue weighted by molar-refractivity contribution is 0.602. The van der Waals surface area contributed by atoms with Gasteiger partial charge in [0.1, 0.15) is 17.3 Å². The predicted molar refractivity (Wildman–Crippen MR) is 112 cm³/mol. The highest BCUT2D eigenvalue weighted by molar-refractivity contribution is 7.90.